The molecule has 0 unspecified atom stereocenters. The summed E-state index contributed by atoms with van der Waals surface area (Å²) in [5.41, 5.74) is 9.46. The molecular formula is C15H12ClN3S2. The fourth-order valence-corrected chi connectivity index (χ4v) is 3.35. The van der Waals surface area contributed by atoms with Crippen molar-refractivity contribution in [2.45, 2.75) is 6.92 Å². The van der Waals surface area contributed by atoms with E-state index in [1.165, 1.54) is 5.56 Å². The maximum Gasteiger partial charge on any atom is 0.188 e. The van der Waals surface area contributed by atoms with E-state index in [-0.39, 0.29) is 0 Å². The van der Waals surface area contributed by atoms with Crippen molar-refractivity contribution in [3.05, 3.63) is 52.5 Å². The van der Waals surface area contributed by atoms with Gasteiger partial charge < -0.3 is 11.1 Å². The second-order valence-corrected chi connectivity index (χ2v) is 6.58. The third-order valence-corrected chi connectivity index (χ3v) is 4.42. The van der Waals surface area contributed by atoms with E-state index >= 15 is 0 Å². The number of hydrogen-bond acceptors (Lipinski definition) is 4. The smallest absolute Gasteiger partial charge is 0.188 e. The number of benzene rings is 2. The summed E-state index contributed by atoms with van der Waals surface area (Å²) in [6.45, 7) is 2.07. The van der Waals surface area contributed by atoms with Crippen molar-refractivity contribution in [3.8, 4) is 0 Å². The van der Waals surface area contributed by atoms with Crippen LogP contribution in [0.3, 0.4) is 0 Å². The summed E-state index contributed by atoms with van der Waals surface area (Å²) in [6.07, 6.45) is 0. The molecule has 1 heterocycles. The Bertz CT molecular complexity index is 842. The molecule has 0 amide bonds. The van der Waals surface area contributed by atoms with Crippen molar-refractivity contribution in [3.63, 3.8) is 0 Å². The maximum absolute atomic E-state index is 5.99. The van der Waals surface area contributed by atoms with Crippen LogP contribution in [0.1, 0.15) is 11.1 Å². The maximum atomic E-state index is 5.99. The van der Waals surface area contributed by atoms with Gasteiger partial charge in [-0.3, -0.25) is 0 Å². The van der Waals surface area contributed by atoms with E-state index < -0.39 is 0 Å². The number of hydrogen-bond donors (Lipinski definition) is 2. The van der Waals surface area contributed by atoms with E-state index in [1.807, 2.05) is 12.1 Å². The first-order valence-electron chi connectivity index (χ1n) is 6.26. The standard InChI is InChI=1S/C15H12ClN3S2/c1-8-2-4-12-13(6-8)21-15(19-12)18-11-5-3-9(16)7-10(11)14(17)20/h2-7H,1H3,(H2,17,20)(H,18,19). The Hall–Kier alpha value is -1.69. The fourth-order valence-electron chi connectivity index (χ4n) is 2.03. The normalized spacial score (nSPS) is 10.8. The van der Waals surface area contributed by atoms with Crippen LogP contribution in [0.4, 0.5) is 10.8 Å². The Kier molecular flexibility index (Phi) is 3.80. The highest BCUT2D eigenvalue weighted by atomic mass is 35.5. The molecule has 3 nitrogen and oxygen atoms in total. The van der Waals surface area contributed by atoms with Gasteiger partial charge in [-0.1, -0.05) is 41.2 Å². The van der Waals surface area contributed by atoms with E-state index in [9.17, 15) is 0 Å². The molecule has 3 rings (SSSR count). The third-order valence-electron chi connectivity index (χ3n) is 3.03. The lowest BCUT2D eigenvalue weighted by Crippen LogP contribution is -2.11. The summed E-state index contributed by atoms with van der Waals surface area (Å²) >= 11 is 12.7. The number of fused-ring (bicyclic) bond motifs is 1. The molecule has 106 valence electrons. The average molecular weight is 334 g/mol. The Morgan fingerprint density at radius 2 is 2.10 bits per heavy atom. The van der Waals surface area contributed by atoms with Gasteiger partial charge in [0.15, 0.2) is 5.13 Å². The molecule has 3 N–H and O–H groups in total. The number of aromatic nitrogens is 1. The van der Waals surface area contributed by atoms with Gasteiger partial charge in [0.25, 0.3) is 0 Å². The van der Waals surface area contributed by atoms with Crippen molar-refractivity contribution < 1.29 is 0 Å². The number of halogens is 1. The van der Waals surface area contributed by atoms with Gasteiger partial charge in [0.05, 0.1) is 15.9 Å². The first-order chi connectivity index (χ1) is 10.0. The minimum absolute atomic E-state index is 0.303. The van der Waals surface area contributed by atoms with Crippen LogP contribution in [0.25, 0.3) is 10.2 Å². The minimum Gasteiger partial charge on any atom is -0.389 e. The van der Waals surface area contributed by atoms with Crippen LogP contribution in [0.2, 0.25) is 5.02 Å². The van der Waals surface area contributed by atoms with Crippen LogP contribution < -0.4 is 11.1 Å². The van der Waals surface area contributed by atoms with Crippen LogP contribution in [-0.2, 0) is 0 Å². The first-order valence-corrected chi connectivity index (χ1v) is 7.87. The quantitative estimate of drug-likeness (QED) is 0.686. The highest BCUT2D eigenvalue weighted by Gasteiger charge is 2.09. The number of thiazole rings is 1. The van der Waals surface area contributed by atoms with Gasteiger partial charge in [-0.2, -0.15) is 0 Å². The predicted octanol–water partition coefficient (Wildman–Crippen LogP) is 4.64. The summed E-state index contributed by atoms with van der Waals surface area (Å²) < 4.78 is 1.14. The number of nitrogens with two attached hydrogens (primary N) is 1. The van der Waals surface area contributed by atoms with Crippen LogP contribution >= 0.6 is 35.2 Å². The molecule has 0 atom stereocenters. The number of thiocarbonyl (C=S) groups is 1. The van der Waals surface area contributed by atoms with Crippen molar-refractivity contribution >= 4 is 61.2 Å². The van der Waals surface area contributed by atoms with Crippen LogP contribution in [0.5, 0.6) is 0 Å². The molecule has 6 heteroatoms. The lowest BCUT2D eigenvalue weighted by molar-refractivity contribution is 1.42. The fraction of sp³-hybridized carbons (Fsp3) is 0.0667. The molecule has 1 aromatic heterocycles. The van der Waals surface area contributed by atoms with Crippen molar-refractivity contribution in [1.82, 2.24) is 4.98 Å². The minimum atomic E-state index is 0.303. The second-order valence-electron chi connectivity index (χ2n) is 4.67. The summed E-state index contributed by atoms with van der Waals surface area (Å²) in [7, 11) is 0. The molecular weight excluding hydrogens is 322 g/mol. The van der Waals surface area contributed by atoms with Crippen molar-refractivity contribution in [2.24, 2.45) is 5.73 Å². The molecule has 3 aromatic rings. The molecule has 0 spiro atoms. The Balaban J connectivity index is 2.00. The van der Waals surface area contributed by atoms with Crippen LogP contribution in [0, 0.1) is 6.92 Å². The Morgan fingerprint density at radius 1 is 1.29 bits per heavy atom. The van der Waals surface area contributed by atoms with Gasteiger partial charge in [0.2, 0.25) is 0 Å². The molecule has 21 heavy (non-hydrogen) atoms. The number of rotatable bonds is 3. The Labute approximate surface area is 136 Å². The molecule has 0 aliphatic carbocycles. The molecule has 0 saturated heterocycles. The lowest BCUT2D eigenvalue weighted by Gasteiger charge is -2.09. The highest BCUT2D eigenvalue weighted by Crippen LogP contribution is 2.31. The summed E-state index contributed by atoms with van der Waals surface area (Å²) in [4.78, 5) is 4.87. The molecule has 0 aliphatic heterocycles. The van der Waals surface area contributed by atoms with E-state index in [1.54, 1.807) is 23.5 Å². The molecule has 0 saturated carbocycles. The van der Waals surface area contributed by atoms with E-state index in [2.05, 4.69) is 29.4 Å². The monoisotopic (exact) mass is 333 g/mol. The number of anilines is 2. The van der Waals surface area contributed by atoms with Gasteiger partial charge >= 0.3 is 0 Å². The topological polar surface area (TPSA) is 50.9 Å². The number of nitrogens with zero attached hydrogens (tertiary/aromatic N) is 1. The van der Waals surface area contributed by atoms with E-state index in [4.69, 9.17) is 29.6 Å². The summed E-state index contributed by atoms with van der Waals surface area (Å²) in [5, 5.41) is 4.67. The zero-order valence-electron chi connectivity index (χ0n) is 11.2. The van der Waals surface area contributed by atoms with Crippen molar-refractivity contribution in [1.29, 1.82) is 0 Å². The van der Waals surface area contributed by atoms with Crippen molar-refractivity contribution in [2.75, 3.05) is 5.32 Å². The SMILES string of the molecule is Cc1ccc2nc(Nc3ccc(Cl)cc3C(N)=S)sc2c1. The van der Waals surface area contributed by atoms with Gasteiger partial charge in [-0.15, -0.1) is 0 Å². The lowest BCUT2D eigenvalue weighted by atomic mass is 10.2. The summed E-state index contributed by atoms with van der Waals surface area (Å²) in [6, 6.07) is 11.6. The van der Waals surface area contributed by atoms with E-state index in [0.717, 1.165) is 21.0 Å². The average Bonchev–Trinajstić information content (AvgIpc) is 2.82. The molecule has 0 aliphatic rings. The summed E-state index contributed by atoms with van der Waals surface area (Å²) in [5.74, 6) is 0. The zero-order chi connectivity index (χ0) is 15.0. The third kappa shape index (κ3) is 3.00. The highest BCUT2D eigenvalue weighted by molar-refractivity contribution is 7.80. The van der Waals surface area contributed by atoms with Crippen LogP contribution in [-0.4, -0.2) is 9.97 Å². The van der Waals surface area contributed by atoms with Crippen LogP contribution in [0.15, 0.2) is 36.4 Å². The largest absolute Gasteiger partial charge is 0.389 e. The molecule has 0 radical (unpaired) electrons. The van der Waals surface area contributed by atoms with Gasteiger partial charge in [0.1, 0.15) is 4.99 Å². The van der Waals surface area contributed by atoms with E-state index in [0.29, 0.717) is 15.6 Å². The number of nitrogens with one attached hydrogen (secondary N) is 1. The predicted molar refractivity (Wildman–Crippen MR) is 95.0 cm³/mol. The molecule has 2 aromatic carbocycles. The first kappa shape index (κ1) is 14.3. The number of aryl methyl sites for hydroxylation is 1. The van der Waals surface area contributed by atoms with Gasteiger partial charge in [0, 0.05) is 10.6 Å². The van der Waals surface area contributed by atoms with Gasteiger partial charge in [-0.25, -0.2) is 4.98 Å². The van der Waals surface area contributed by atoms with Gasteiger partial charge in [-0.05, 0) is 42.8 Å². The second kappa shape index (κ2) is 5.60. The molecule has 0 fully saturated rings. The zero-order valence-corrected chi connectivity index (χ0v) is 13.6. The Morgan fingerprint density at radius 3 is 2.86 bits per heavy atom. The molecule has 0 bridgehead atoms.